The van der Waals surface area contributed by atoms with E-state index >= 15 is 0 Å². The quantitative estimate of drug-likeness (QED) is 0.827. The van der Waals surface area contributed by atoms with Gasteiger partial charge in [-0.2, -0.15) is 0 Å². The number of rotatable bonds is 1. The summed E-state index contributed by atoms with van der Waals surface area (Å²) in [5.41, 5.74) is 1.32. The summed E-state index contributed by atoms with van der Waals surface area (Å²) in [7, 11) is 0. The second kappa shape index (κ2) is 5.24. The first kappa shape index (κ1) is 13.7. The van der Waals surface area contributed by atoms with E-state index in [4.69, 9.17) is 27.9 Å². The van der Waals surface area contributed by atoms with E-state index in [0.717, 1.165) is 0 Å². The Labute approximate surface area is 125 Å². The van der Waals surface area contributed by atoms with Gasteiger partial charge in [0.15, 0.2) is 0 Å². The zero-order chi connectivity index (χ0) is 14.3. The molecule has 0 bridgehead atoms. The molecule has 2 nitrogen and oxygen atoms in total. The van der Waals surface area contributed by atoms with E-state index in [0.29, 0.717) is 33.3 Å². The Hall–Kier alpha value is -1.29. The fraction of sp³-hybridized carbons (Fsp3) is 0.200. The van der Waals surface area contributed by atoms with E-state index in [9.17, 15) is 9.50 Å². The van der Waals surface area contributed by atoms with Crippen LogP contribution < -0.4 is 4.74 Å². The number of fused-ring (bicyclic) bond motifs is 1. The molecule has 1 heterocycles. The van der Waals surface area contributed by atoms with Gasteiger partial charge in [-0.05, 0) is 30.3 Å². The van der Waals surface area contributed by atoms with Gasteiger partial charge >= 0.3 is 0 Å². The predicted octanol–water partition coefficient (Wildman–Crippen LogP) is 4.69. The fourth-order valence-corrected chi connectivity index (χ4v) is 2.84. The van der Waals surface area contributed by atoms with Crippen molar-refractivity contribution in [2.24, 2.45) is 0 Å². The van der Waals surface area contributed by atoms with Gasteiger partial charge in [-0.25, -0.2) is 4.39 Å². The van der Waals surface area contributed by atoms with Gasteiger partial charge in [0.2, 0.25) is 0 Å². The summed E-state index contributed by atoms with van der Waals surface area (Å²) < 4.78 is 18.9. The Morgan fingerprint density at radius 2 is 1.90 bits per heavy atom. The van der Waals surface area contributed by atoms with Crippen LogP contribution in [0.4, 0.5) is 4.39 Å². The van der Waals surface area contributed by atoms with E-state index in [1.807, 2.05) is 0 Å². The van der Waals surface area contributed by atoms with Crippen LogP contribution in [0.3, 0.4) is 0 Å². The van der Waals surface area contributed by atoms with Crippen molar-refractivity contribution in [2.45, 2.75) is 18.6 Å². The second-order valence-corrected chi connectivity index (χ2v) is 5.55. The number of aliphatic hydroxyl groups excluding tert-OH is 1. The topological polar surface area (TPSA) is 29.5 Å². The lowest BCUT2D eigenvalue weighted by atomic mass is 9.95. The summed E-state index contributed by atoms with van der Waals surface area (Å²) in [5.74, 6) is 0.167. The molecule has 2 aromatic carbocycles. The first-order valence-electron chi connectivity index (χ1n) is 6.13. The van der Waals surface area contributed by atoms with Gasteiger partial charge in [-0.15, -0.1) is 0 Å². The van der Waals surface area contributed by atoms with Crippen LogP contribution in [-0.4, -0.2) is 5.11 Å². The molecule has 2 aromatic rings. The Bertz CT molecular complexity index is 660. The van der Waals surface area contributed by atoms with E-state index < -0.39 is 18.0 Å². The van der Waals surface area contributed by atoms with Crippen molar-refractivity contribution in [2.75, 3.05) is 0 Å². The van der Waals surface area contributed by atoms with Crippen LogP contribution in [0.15, 0.2) is 36.4 Å². The van der Waals surface area contributed by atoms with Gasteiger partial charge in [-0.1, -0.05) is 29.3 Å². The van der Waals surface area contributed by atoms with Crippen molar-refractivity contribution in [3.63, 3.8) is 0 Å². The molecule has 5 heteroatoms. The van der Waals surface area contributed by atoms with Crippen molar-refractivity contribution in [3.05, 3.63) is 63.4 Å². The molecule has 0 radical (unpaired) electrons. The zero-order valence-corrected chi connectivity index (χ0v) is 11.8. The summed E-state index contributed by atoms with van der Waals surface area (Å²) in [5, 5.41) is 11.0. The zero-order valence-electron chi connectivity index (χ0n) is 10.3. The van der Waals surface area contributed by atoms with Crippen LogP contribution in [0.25, 0.3) is 0 Å². The van der Waals surface area contributed by atoms with E-state index in [2.05, 4.69) is 0 Å². The molecule has 104 valence electrons. The molecule has 0 amide bonds. The predicted molar refractivity (Wildman–Crippen MR) is 75.8 cm³/mol. The minimum Gasteiger partial charge on any atom is -0.485 e. The smallest absolute Gasteiger partial charge is 0.128 e. The molecule has 0 aromatic heterocycles. The third-order valence-corrected chi connectivity index (χ3v) is 3.91. The Morgan fingerprint density at radius 3 is 2.65 bits per heavy atom. The summed E-state index contributed by atoms with van der Waals surface area (Å²) in [6, 6.07) is 9.24. The van der Waals surface area contributed by atoms with Crippen molar-refractivity contribution in [3.8, 4) is 5.75 Å². The fourth-order valence-electron chi connectivity index (χ4n) is 2.37. The molecule has 2 unspecified atom stereocenters. The van der Waals surface area contributed by atoms with Gasteiger partial charge in [-0.3, -0.25) is 0 Å². The highest BCUT2D eigenvalue weighted by molar-refractivity contribution is 6.31. The molecule has 2 atom stereocenters. The highest BCUT2D eigenvalue weighted by Gasteiger charge is 2.29. The number of ether oxygens (including phenoxy) is 1. The maximum absolute atomic E-state index is 13.1. The van der Waals surface area contributed by atoms with Gasteiger partial charge in [0.05, 0.1) is 11.1 Å². The third kappa shape index (κ3) is 2.49. The largest absolute Gasteiger partial charge is 0.485 e. The van der Waals surface area contributed by atoms with E-state index in [1.165, 1.54) is 12.1 Å². The van der Waals surface area contributed by atoms with Crippen molar-refractivity contribution < 1.29 is 14.2 Å². The maximum Gasteiger partial charge on any atom is 0.128 e. The third-order valence-electron chi connectivity index (χ3n) is 3.35. The molecule has 1 aliphatic rings. The van der Waals surface area contributed by atoms with Crippen LogP contribution >= 0.6 is 23.2 Å². The molecule has 0 spiro atoms. The van der Waals surface area contributed by atoms with E-state index in [1.54, 1.807) is 24.3 Å². The number of halogens is 3. The molecule has 3 rings (SSSR count). The molecular formula is C15H11Cl2FO2. The molecule has 0 saturated heterocycles. The van der Waals surface area contributed by atoms with Crippen LogP contribution in [0.2, 0.25) is 10.0 Å². The number of hydrogen-bond acceptors (Lipinski definition) is 2. The summed E-state index contributed by atoms with van der Waals surface area (Å²) in [6.45, 7) is 0. The standard InChI is InChI=1S/C15H11Cl2FO2/c16-8-1-4-14-11(5-8)13(19)7-15(20-14)10-3-2-9(18)6-12(10)17/h1-6,13,15,19H,7H2. The SMILES string of the molecule is OC1CC(c2ccc(F)cc2Cl)Oc2ccc(Cl)cc21. The van der Waals surface area contributed by atoms with Crippen molar-refractivity contribution >= 4 is 23.2 Å². The van der Waals surface area contributed by atoms with Crippen molar-refractivity contribution in [1.82, 2.24) is 0 Å². The van der Waals surface area contributed by atoms with Gasteiger partial charge in [0.1, 0.15) is 17.7 Å². The van der Waals surface area contributed by atoms with Crippen LogP contribution in [0.1, 0.15) is 29.8 Å². The highest BCUT2D eigenvalue weighted by Crippen LogP contribution is 2.43. The maximum atomic E-state index is 13.1. The highest BCUT2D eigenvalue weighted by atomic mass is 35.5. The van der Waals surface area contributed by atoms with Crippen LogP contribution in [0.5, 0.6) is 5.75 Å². The van der Waals surface area contributed by atoms with Crippen molar-refractivity contribution in [1.29, 1.82) is 0 Å². The molecule has 0 aliphatic carbocycles. The number of hydrogen-bond donors (Lipinski definition) is 1. The molecular weight excluding hydrogens is 302 g/mol. The average molecular weight is 313 g/mol. The van der Waals surface area contributed by atoms with Gasteiger partial charge < -0.3 is 9.84 Å². The number of benzene rings is 2. The minimum atomic E-state index is -0.691. The normalized spacial score (nSPS) is 21.2. The number of aliphatic hydroxyl groups is 1. The van der Waals surface area contributed by atoms with E-state index in [-0.39, 0.29) is 0 Å². The monoisotopic (exact) mass is 312 g/mol. The summed E-state index contributed by atoms with van der Waals surface area (Å²) in [4.78, 5) is 0. The first-order valence-corrected chi connectivity index (χ1v) is 6.89. The summed E-state index contributed by atoms with van der Waals surface area (Å²) >= 11 is 11.9. The first-order chi connectivity index (χ1) is 9.54. The lowest BCUT2D eigenvalue weighted by Gasteiger charge is -2.30. The minimum absolute atomic E-state index is 0.291. The van der Waals surface area contributed by atoms with Gasteiger partial charge in [0.25, 0.3) is 0 Å². The Kier molecular flexibility index (Phi) is 3.59. The van der Waals surface area contributed by atoms with Crippen LogP contribution in [0, 0.1) is 5.82 Å². The molecule has 0 saturated carbocycles. The average Bonchev–Trinajstić information content (AvgIpc) is 2.39. The molecule has 20 heavy (non-hydrogen) atoms. The van der Waals surface area contributed by atoms with Gasteiger partial charge in [0, 0.05) is 22.6 Å². The Balaban J connectivity index is 1.97. The Morgan fingerprint density at radius 1 is 1.10 bits per heavy atom. The summed E-state index contributed by atoms with van der Waals surface area (Å²) in [6.07, 6.45) is -0.756. The molecule has 1 N–H and O–H groups in total. The molecule has 0 fully saturated rings. The molecule has 1 aliphatic heterocycles. The van der Waals surface area contributed by atoms with Crippen LogP contribution in [-0.2, 0) is 0 Å². The second-order valence-electron chi connectivity index (χ2n) is 4.71. The lowest BCUT2D eigenvalue weighted by Crippen LogP contribution is -2.19. The lowest BCUT2D eigenvalue weighted by molar-refractivity contribution is 0.0658.